The molecule has 100 valence electrons. The maximum absolute atomic E-state index is 9.56. The molecule has 18 heavy (non-hydrogen) atoms. The lowest BCUT2D eigenvalue weighted by molar-refractivity contribution is 0.127. The third-order valence-electron chi connectivity index (χ3n) is 4.02. The summed E-state index contributed by atoms with van der Waals surface area (Å²) in [6.45, 7) is 5.36. The lowest BCUT2D eigenvalue weighted by Crippen LogP contribution is -2.25. The van der Waals surface area contributed by atoms with Crippen LogP contribution in [0.3, 0.4) is 0 Å². The zero-order chi connectivity index (χ0) is 12.8. The van der Waals surface area contributed by atoms with Crippen molar-refractivity contribution in [1.82, 2.24) is 4.90 Å². The lowest BCUT2D eigenvalue weighted by atomic mass is 10.0. The monoisotopic (exact) mass is 247 g/mol. The molecule has 2 rings (SSSR count). The Balaban J connectivity index is 1.59. The van der Waals surface area contributed by atoms with Crippen molar-refractivity contribution in [1.29, 1.82) is 0 Å². The van der Waals surface area contributed by atoms with E-state index in [9.17, 15) is 5.11 Å². The van der Waals surface area contributed by atoms with Gasteiger partial charge in [-0.25, -0.2) is 0 Å². The first kappa shape index (κ1) is 13.6. The van der Waals surface area contributed by atoms with E-state index in [0.717, 1.165) is 13.0 Å². The molecule has 1 N–H and O–H groups in total. The van der Waals surface area contributed by atoms with Crippen molar-refractivity contribution in [3.8, 4) is 0 Å². The highest BCUT2D eigenvalue weighted by atomic mass is 16.3. The summed E-state index contributed by atoms with van der Waals surface area (Å²) in [7, 11) is 0. The summed E-state index contributed by atoms with van der Waals surface area (Å²) in [6.07, 6.45) is 4.74. The molecule has 1 saturated heterocycles. The van der Waals surface area contributed by atoms with E-state index in [4.69, 9.17) is 0 Å². The molecule has 0 aliphatic carbocycles. The van der Waals surface area contributed by atoms with Gasteiger partial charge in [-0.2, -0.15) is 0 Å². The van der Waals surface area contributed by atoms with Crippen LogP contribution in [-0.2, 0) is 6.42 Å². The van der Waals surface area contributed by atoms with Crippen LogP contribution in [0.1, 0.15) is 31.7 Å². The van der Waals surface area contributed by atoms with Gasteiger partial charge >= 0.3 is 0 Å². The molecule has 0 radical (unpaired) electrons. The zero-order valence-electron chi connectivity index (χ0n) is 11.4. The third kappa shape index (κ3) is 4.11. The second kappa shape index (κ2) is 6.91. The Hall–Kier alpha value is -0.860. The van der Waals surface area contributed by atoms with Crippen LogP contribution < -0.4 is 0 Å². The quantitative estimate of drug-likeness (QED) is 0.781. The first-order valence-corrected chi connectivity index (χ1v) is 7.20. The molecule has 2 heteroatoms. The number of nitrogens with zero attached hydrogens (tertiary/aromatic N) is 1. The van der Waals surface area contributed by atoms with Gasteiger partial charge in [0.15, 0.2) is 0 Å². The van der Waals surface area contributed by atoms with Crippen molar-refractivity contribution in [2.75, 3.05) is 19.6 Å². The fourth-order valence-electron chi connectivity index (χ4n) is 2.77. The molecule has 0 aromatic heterocycles. The van der Waals surface area contributed by atoms with Gasteiger partial charge < -0.3 is 10.0 Å². The largest absolute Gasteiger partial charge is 0.393 e. The number of benzene rings is 1. The molecule has 2 nitrogen and oxygen atoms in total. The highest BCUT2D eigenvalue weighted by Gasteiger charge is 2.25. The van der Waals surface area contributed by atoms with Crippen LogP contribution in [0.15, 0.2) is 30.3 Å². The first-order valence-electron chi connectivity index (χ1n) is 7.20. The smallest absolute Gasteiger partial charge is 0.0552 e. The number of aryl methyl sites for hydroxylation is 1. The van der Waals surface area contributed by atoms with E-state index in [1.165, 1.54) is 37.9 Å². The van der Waals surface area contributed by atoms with E-state index in [2.05, 4.69) is 35.2 Å². The molecule has 0 saturated carbocycles. The van der Waals surface area contributed by atoms with E-state index in [0.29, 0.717) is 5.92 Å². The number of aliphatic hydroxyl groups is 1. The van der Waals surface area contributed by atoms with Crippen LogP contribution in [0.25, 0.3) is 0 Å². The predicted molar refractivity (Wildman–Crippen MR) is 75.6 cm³/mol. The number of unbranched alkanes of at least 4 members (excludes halogenated alkanes) is 1. The van der Waals surface area contributed by atoms with Crippen molar-refractivity contribution >= 4 is 0 Å². The van der Waals surface area contributed by atoms with Crippen LogP contribution in [-0.4, -0.2) is 35.7 Å². The maximum atomic E-state index is 9.56. The molecule has 2 unspecified atom stereocenters. The lowest BCUT2D eigenvalue weighted by Gasteiger charge is -2.17. The van der Waals surface area contributed by atoms with Crippen molar-refractivity contribution in [3.63, 3.8) is 0 Å². The Bertz CT molecular complexity index is 336. The molecule has 1 heterocycles. The summed E-state index contributed by atoms with van der Waals surface area (Å²) in [5.74, 6) is 0.499. The van der Waals surface area contributed by atoms with Gasteiger partial charge in [-0.3, -0.25) is 0 Å². The Morgan fingerprint density at radius 1 is 1.28 bits per heavy atom. The van der Waals surface area contributed by atoms with Crippen LogP contribution in [0.2, 0.25) is 0 Å². The third-order valence-corrected chi connectivity index (χ3v) is 4.02. The average molecular weight is 247 g/mol. The molecule has 0 bridgehead atoms. The summed E-state index contributed by atoms with van der Waals surface area (Å²) in [5, 5.41) is 9.56. The van der Waals surface area contributed by atoms with Crippen molar-refractivity contribution in [2.45, 2.75) is 38.7 Å². The molecule has 2 atom stereocenters. The minimum Gasteiger partial charge on any atom is -0.393 e. The van der Waals surface area contributed by atoms with Gasteiger partial charge in [0.1, 0.15) is 0 Å². The van der Waals surface area contributed by atoms with Crippen LogP contribution >= 0.6 is 0 Å². The van der Waals surface area contributed by atoms with Gasteiger partial charge in [-0.15, -0.1) is 0 Å². The van der Waals surface area contributed by atoms with Gasteiger partial charge in [0, 0.05) is 6.54 Å². The van der Waals surface area contributed by atoms with Crippen LogP contribution in [0.5, 0.6) is 0 Å². The molecule has 1 aliphatic rings. The molecule has 0 amide bonds. The first-order chi connectivity index (χ1) is 8.75. The summed E-state index contributed by atoms with van der Waals surface area (Å²) in [5.41, 5.74) is 1.45. The fourth-order valence-corrected chi connectivity index (χ4v) is 2.77. The number of aliphatic hydroxyl groups excluding tert-OH is 1. The summed E-state index contributed by atoms with van der Waals surface area (Å²) < 4.78 is 0. The van der Waals surface area contributed by atoms with E-state index < -0.39 is 0 Å². The normalized spacial score (nSPS) is 22.2. The van der Waals surface area contributed by atoms with E-state index >= 15 is 0 Å². The topological polar surface area (TPSA) is 23.5 Å². The SMILES string of the molecule is CC(O)C1CCN(CCCCc2ccccc2)C1. The van der Waals surface area contributed by atoms with Gasteiger partial charge in [0.2, 0.25) is 0 Å². The Labute approximate surface area is 111 Å². The molecule has 1 aromatic rings. The number of hydrogen-bond donors (Lipinski definition) is 1. The van der Waals surface area contributed by atoms with Gasteiger partial charge in [0.05, 0.1) is 6.10 Å². The minimum atomic E-state index is -0.140. The molecular formula is C16H25NO. The summed E-state index contributed by atoms with van der Waals surface area (Å²) in [4.78, 5) is 2.50. The van der Waals surface area contributed by atoms with Crippen molar-refractivity contribution in [3.05, 3.63) is 35.9 Å². The average Bonchev–Trinajstić information content (AvgIpc) is 2.85. The maximum Gasteiger partial charge on any atom is 0.0552 e. The molecular weight excluding hydrogens is 222 g/mol. The summed E-state index contributed by atoms with van der Waals surface area (Å²) in [6, 6.07) is 10.7. The highest BCUT2D eigenvalue weighted by Crippen LogP contribution is 2.20. The van der Waals surface area contributed by atoms with Gasteiger partial charge in [-0.05, 0) is 57.2 Å². The Kier molecular flexibility index (Phi) is 5.21. The second-order valence-electron chi connectivity index (χ2n) is 5.53. The van der Waals surface area contributed by atoms with E-state index in [1.54, 1.807) is 0 Å². The van der Waals surface area contributed by atoms with Gasteiger partial charge in [0.25, 0.3) is 0 Å². The minimum absolute atomic E-state index is 0.140. The van der Waals surface area contributed by atoms with Gasteiger partial charge in [-0.1, -0.05) is 30.3 Å². The van der Waals surface area contributed by atoms with E-state index in [-0.39, 0.29) is 6.10 Å². The summed E-state index contributed by atoms with van der Waals surface area (Å²) >= 11 is 0. The molecule has 1 fully saturated rings. The fraction of sp³-hybridized carbons (Fsp3) is 0.625. The number of hydrogen-bond acceptors (Lipinski definition) is 2. The number of likely N-dealkylation sites (tertiary alicyclic amines) is 1. The standard InChI is InChI=1S/C16H25NO/c1-14(18)16-10-12-17(13-16)11-6-5-9-15-7-3-2-4-8-15/h2-4,7-8,14,16,18H,5-6,9-13H2,1H3. The Morgan fingerprint density at radius 2 is 2.06 bits per heavy atom. The van der Waals surface area contributed by atoms with Crippen molar-refractivity contribution < 1.29 is 5.11 Å². The number of rotatable bonds is 6. The molecule has 0 spiro atoms. The Morgan fingerprint density at radius 3 is 2.72 bits per heavy atom. The molecule has 1 aromatic carbocycles. The predicted octanol–water partition coefficient (Wildman–Crippen LogP) is 2.71. The zero-order valence-corrected chi connectivity index (χ0v) is 11.4. The van der Waals surface area contributed by atoms with Crippen LogP contribution in [0, 0.1) is 5.92 Å². The van der Waals surface area contributed by atoms with Crippen LogP contribution in [0.4, 0.5) is 0 Å². The van der Waals surface area contributed by atoms with E-state index in [1.807, 2.05) is 6.92 Å². The van der Waals surface area contributed by atoms with Crippen molar-refractivity contribution in [2.24, 2.45) is 5.92 Å². The second-order valence-corrected chi connectivity index (χ2v) is 5.53. The molecule has 1 aliphatic heterocycles. The highest BCUT2D eigenvalue weighted by molar-refractivity contribution is 5.14.